The molecule has 1 aromatic heterocycles. The molecule has 1 saturated heterocycles. The van der Waals surface area contributed by atoms with Gasteiger partial charge in [-0.2, -0.15) is 0 Å². The van der Waals surface area contributed by atoms with Gasteiger partial charge in [0, 0.05) is 51.0 Å². The number of nitrogens with one attached hydrogen (secondary N) is 1. The molecule has 6 nitrogen and oxygen atoms in total. The van der Waals surface area contributed by atoms with Crippen LogP contribution in [0.1, 0.15) is 16.1 Å². The molecule has 3 rings (SSSR count). The molecule has 1 aliphatic heterocycles. The van der Waals surface area contributed by atoms with E-state index < -0.39 is 0 Å². The van der Waals surface area contributed by atoms with Gasteiger partial charge in [0.05, 0.1) is 5.69 Å². The van der Waals surface area contributed by atoms with E-state index in [1.807, 2.05) is 18.2 Å². The third-order valence-electron chi connectivity index (χ3n) is 4.76. The molecule has 6 heteroatoms. The van der Waals surface area contributed by atoms with E-state index in [4.69, 9.17) is 0 Å². The summed E-state index contributed by atoms with van der Waals surface area (Å²) in [5.74, 6) is -0.140. The Balaban J connectivity index is 1.49. The maximum Gasteiger partial charge on any atom is 0.239 e. The van der Waals surface area contributed by atoms with E-state index in [-0.39, 0.29) is 18.2 Å². The van der Waals surface area contributed by atoms with Crippen LogP contribution in [-0.2, 0) is 11.3 Å². The average Bonchev–Trinajstić information content (AvgIpc) is 3.11. The molecule has 26 heavy (non-hydrogen) atoms. The van der Waals surface area contributed by atoms with Crippen LogP contribution in [0.5, 0.6) is 0 Å². The first kappa shape index (κ1) is 18.4. The molecule has 0 bridgehead atoms. The maximum atomic E-state index is 12.6. The number of carbonyl (C=O) groups is 2. The van der Waals surface area contributed by atoms with Gasteiger partial charge in [0.2, 0.25) is 11.7 Å². The Morgan fingerprint density at radius 1 is 1.00 bits per heavy atom. The second-order valence-corrected chi connectivity index (χ2v) is 6.71. The van der Waals surface area contributed by atoms with Gasteiger partial charge in [0.25, 0.3) is 0 Å². The summed E-state index contributed by atoms with van der Waals surface area (Å²) in [4.78, 5) is 29.5. The molecule has 0 saturated carbocycles. The minimum Gasteiger partial charge on any atom is -0.353 e. The fourth-order valence-electron chi connectivity index (χ4n) is 3.13. The summed E-state index contributed by atoms with van der Waals surface area (Å²) in [5, 5.41) is 2.96. The lowest BCUT2D eigenvalue weighted by atomic mass is 10.1. The molecule has 138 valence electrons. The van der Waals surface area contributed by atoms with Crippen LogP contribution in [0.2, 0.25) is 0 Å². The molecule has 0 radical (unpaired) electrons. The number of hydrogen-bond acceptors (Lipinski definition) is 4. The summed E-state index contributed by atoms with van der Waals surface area (Å²) >= 11 is 0. The monoisotopic (exact) mass is 354 g/mol. The first-order valence-electron chi connectivity index (χ1n) is 9.06. The van der Waals surface area contributed by atoms with Crippen molar-refractivity contribution in [1.82, 2.24) is 19.7 Å². The summed E-state index contributed by atoms with van der Waals surface area (Å²) in [7, 11) is 2.13. The predicted molar refractivity (Wildman–Crippen MR) is 101 cm³/mol. The normalized spacial score (nSPS) is 15.7. The smallest absolute Gasteiger partial charge is 0.239 e. The molecule has 1 aliphatic rings. The van der Waals surface area contributed by atoms with Crippen LogP contribution in [-0.4, -0.2) is 72.4 Å². The number of aromatic nitrogens is 1. The second kappa shape index (κ2) is 8.78. The number of benzene rings is 1. The fraction of sp³-hybridized carbons (Fsp3) is 0.400. The van der Waals surface area contributed by atoms with Crippen LogP contribution >= 0.6 is 0 Å². The topological polar surface area (TPSA) is 57.6 Å². The molecule has 0 unspecified atom stereocenters. The fourth-order valence-corrected chi connectivity index (χ4v) is 3.13. The lowest BCUT2D eigenvalue weighted by Crippen LogP contribution is -2.47. The van der Waals surface area contributed by atoms with Crippen LogP contribution < -0.4 is 5.32 Å². The molecular weight excluding hydrogens is 328 g/mol. The van der Waals surface area contributed by atoms with E-state index in [0.29, 0.717) is 17.8 Å². The van der Waals surface area contributed by atoms with Crippen molar-refractivity contribution >= 4 is 11.7 Å². The summed E-state index contributed by atoms with van der Waals surface area (Å²) < 4.78 is 1.71. The number of likely N-dealkylation sites (N-methyl/N-ethyl adjacent to an activating group) is 1. The number of carbonyl (C=O) groups excluding carboxylic acids is 2. The van der Waals surface area contributed by atoms with Gasteiger partial charge in [-0.1, -0.05) is 30.3 Å². The predicted octanol–water partition coefficient (Wildman–Crippen LogP) is 1.08. The number of ketones is 1. The molecule has 1 fully saturated rings. The minimum atomic E-state index is -0.0718. The van der Waals surface area contributed by atoms with Crippen molar-refractivity contribution in [3.63, 3.8) is 0 Å². The zero-order chi connectivity index (χ0) is 18.4. The zero-order valence-corrected chi connectivity index (χ0v) is 15.2. The highest BCUT2D eigenvalue weighted by atomic mass is 16.2. The highest BCUT2D eigenvalue weighted by Gasteiger charge is 2.16. The Hall–Kier alpha value is -2.44. The summed E-state index contributed by atoms with van der Waals surface area (Å²) in [6.45, 7) is 5.88. The van der Waals surface area contributed by atoms with Gasteiger partial charge in [-0.25, -0.2) is 0 Å². The quantitative estimate of drug-likeness (QED) is 0.756. The number of rotatable bonds is 7. The van der Waals surface area contributed by atoms with E-state index in [9.17, 15) is 9.59 Å². The van der Waals surface area contributed by atoms with Crippen molar-refractivity contribution in [3.05, 3.63) is 59.9 Å². The van der Waals surface area contributed by atoms with Crippen LogP contribution in [0.4, 0.5) is 0 Å². The average molecular weight is 354 g/mol. The molecule has 1 amide bonds. The van der Waals surface area contributed by atoms with Crippen molar-refractivity contribution in [2.45, 2.75) is 6.54 Å². The first-order chi connectivity index (χ1) is 12.6. The Kier molecular flexibility index (Phi) is 6.20. The molecule has 0 spiro atoms. The summed E-state index contributed by atoms with van der Waals surface area (Å²) in [5.41, 5.74) is 1.16. The highest BCUT2D eigenvalue weighted by Crippen LogP contribution is 2.10. The molecule has 0 atom stereocenters. The molecular formula is C20H26N4O2. The van der Waals surface area contributed by atoms with Crippen molar-refractivity contribution in [2.75, 3.05) is 46.3 Å². The Morgan fingerprint density at radius 2 is 1.73 bits per heavy atom. The summed E-state index contributed by atoms with van der Waals surface area (Å²) in [6.07, 6.45) is 1.77. The van der Waals surface area contributed by atoms with Crippen molar-refractivity contribution in [3.8, 4) is 0 Å². The van der Waals surface area contributed by atoms with E-state index in [2.05, 4.69) is 22.2 Å². The highest BCUT2D eigenvalue weighted by molar-refractivity contribution is 6.08. The Labute approximate surface area is 154 Å². The number of hydrogen-bond donors (Lipinski definition) is 1. The first-order valence-corrected chi connectivity index (χ1v) is 9.06. The van der Waals surface area contributed by atoms with E-state index in [0.717, 1.165) is 32.7 Å². The Morgan fingerprint density at radius 3 is 2.46 bits per heavy atom. The summed E-state index contributed by atoms with van der Waals surface area (Å²) in [6, 6.07) is 12.7. The van der Waals surface area contributed by atoms with Crippen molar-refractivity contribution in [1.29, 1.82) is 0 Å². The van der Waals surface area contributed by atoms with Crippen molar-refractivity contribution in [2.24, 2.45) is 0 Å². The van der Waals surface area contributed by atoms with E-state index in [1.165, 1.54) is 0 Å². The van der Waals surface area contributed by atoms with Gasteiger partial charge in [-0.3, -0.25) is 14.5 Å². The standard InChI is InChI=1S/C20H26N4O2/c1-22-12-14-23(15-13-22)11-9-21-19(25)16-24-10-5-8-18(24)20(26)17-6-3-2-4-7-17/h2-8,10H,9,11-16H2,1H3,(H,21,25). The van der Waals surface area contributed by atoms with Gasteiger partial charge in [-0.05, 0) is 19.2 Å². The van der Waals surface area contributed by atoms with Gasteiger partial charge >= 0.3 is 0 Å². The Bertz CT molecular complexity index is 733. The van der Waals surface area contributed by atoms with Gasteiger partial charge < -0.3 is 14.8 Å². The zero-order valence-electron chi connectivity index (χ0n) is 15.2. The number of nitrogens with zero attached hydrogens (tertiary/aromatic N) is 3. The van der Waals surface area contributed by atoms with Crippen LogP contribution in [0.3, 0.4) is 0 Å². The van der Waals surface area contributed by atoms with Gasteiger partial charge in [0.15, 0.2) is 0 Å². The van der Waals surface area contributed by atoms with Crippen LogP contribution in [0.15, 0.2) is 48.7 Å². The molecule has 2 heterocycles. The lowest BCUT2D eigenvalue weighted by Gasteiger charge is -2.32. The number of amides is 1. The maximum absolute atomic E-state index is 12.6. The molecule has 1 N–H and O–H groups in total. The minimum absolute atomic E-state index is 0.0687. The molecule has 2 aromatic rings. The van der Waals surface area contributed by atoms with E-state index >= 15 is 0 Å². The SMILES string of the molecule is CN1CCN(CCNC(=O)Cn2cccc2C(=O)c2ccccc2)CC1. The van der Waals surface area contributed by atoms with Crippen LogP contribution in [0.25, 0.3) is 0 Å². The van der Waals surface area contributed by atoms with Crippen LogP contribution in [0, 0.1) is 0 Å². The van der Waals surface area contributed by atoms with Gasteiger partial charge in [-0.15, -0.1) is 0 Å². The van der Waals surface area contributed by atoms with E-state index in [1.54, 1.807) is 35.0 Å². The molecule has 0 aliphatic carbocycles. The largest absolute Gasteiger partial charge is 0.353 e. The third kappa shape index (κ3) is 4.80. The lowest BCUT2D eigenvalue weighted by molar-refractivity contribution is -0.121. The number of piperazine rings is 1. The van der Waals surface area contributed by atoms with Gasteiger partial charge in [0.1, 0.15) is 6.54 Å². The second-order valence-electron chi connectivity index (χ2n) is 6.71. The van der Waals surface area contributed by atoms with Crippen molar-refractivity contribution < 1.29 is 9.59 Å². The molecule has 1 aromatic carbocycles. The third-order valence-corrected chi connectivity index (χ3v) is 4.76.